The second kappa shape index (κ2) is 7.92. The van der Waals surface area contributed by atoms with Crippen molar-refractivity contribution in [2.45, 2.75) is 6.42 Å². The minimum absolute atomic E-state index is 0.107. The molecule has 0 bridgehead atoms. The summed E-state index contributed by atoms with van der Waals surface area (Å²) in [5.74, 6) is 0.586. The van der Waals surface area contributed by atoms with Crippen molar-refractivity contribution >= 4 is 40.5 Å². The van der Waals surface area contributed by atoms with Crippen LogP contribution in [0.1, 0.15) is 6.42 Å². The van der Waals surface area contributed by atoms with E-state index < -0.39 is 0 Å². The summed E-state index contributed by atoms with van der Waals surface area (Å²) in [7, 11) is 1.58. The van der Waals surface area contributed by atoms with E-state index in [1.807, 2.05) is 12.1 Å². The van der Waals surface area contributed by atoms with Crippen LogP contribution in [0.2, 0.25) is 10.0 Å². The van der Waals surface area contributed by atoms with E-state index in [0.717, 1.165) is 0 Å². The molecule has 0 fully saturated rings. The lowest BCUT2D eigenvalue weighted by molar-refractivity contribution is -0.115. The fraction of sp³-hybridized carbons (Fsp3) is 0.188. The van der Waals surface area contributed by atoms with Gasteiger partial charge < -0.3 is 15.4 Å². The molecule has 6 heteroatoms. The molecule has 0 aromatic heterocycles. The third-order valence-corrected chi connectivity index (χ3v) is 3.60. The molecule has 2 aromatic rings. The molecule has 0 heterocycles. The lowest BCUT2D eigenvalue weighted by Gasteiger charge is -2.10. The van der Waals surface area contributed by atoms with Crippen molar-refractivity contribution < 1.29 is 9.53 Å². The van der Waals surface area contributed by atoms with Gasteiger partial charge in [-0.25, -0.2) is 0 Å². The normalized spacial score (nSPS) is 10.1. The molecule has 2 aromatic carbocycles. The lowest BCUT2D eigenvalue weighted by atomic mass is 10.2. The highest BCUT2D eigenvalue weighted by Gasteiger charge is 2.07. The molecule has 0 aliphatic heterocycles. The quantitative estimate of drug-likeness (QED) is 0.818. The molecule has 0 saturated carbocycles. The van der Waals surface area contributed by atoms with E-state index in [4.69, 9.17) is 27.9 Å². The van der Waals surface area contributed by atoms with E-state index in [1.54, 1.807) is 37.4 Å². The van der Waals surface area contributed by atoms with Gasteiger partial charge in [-0.05, 0) is 24.3 Å². The van der Waals surface area contributed by atoms with Gasteiger partial charge in [0.15, 0.2) is 0 Å². The molecule has 0 aliphatic rings. The molecule has 4 nitrogen and oxygen atoms in total. The van der Waals surface area contributed by atoms with Gasteiger partial charge in [-0.1, -0.05) is 35.3 Å². The number of rotatable bonds is 6. The Kier molecular flexibility index (Phi) is 5.92. The third-order valence-electron chi connectivity index (χ3n) is 2.97. The van der Waals surface area contributed by atoms with Gasteiger partial charge in [0.05, 0.1) is 22.8 Å². The summed E-state index contributed by atoms with van der Waals surface area (Å²) in [4.78, 5) is 11.9. The summed E-state index contributed by atoms with van der Waals surface area (Å²) in [6.45, 7) is 0.430. The monoisotopic (exact) mass is 338 g/mol. The molecule has 2 N–H and O–H groups in total. The van der Waals surface area contributed by atoms with Crippen LogP contribution >= 0.6 is 23.2 Å². The van der Waals surface area contributed by atoms with Crippen LogP contribution in [-0.4, -0.2) is 19.6 Å². The van der Waals surface area contributed by atoms with Crippen molar-refractivity contribution in [1.29, 1.82) is 0 Å². The number of amides is 1. The zero-order valence-electron chi connectivity index (χ0n) is 12.0. The van der Waals surface area contributed by atoms with Crippen LogP contribution in [0.15, 0.2) is 42.5 Å². The maximum absolute atomic E-state index is 11.9. The van der Waals surface area contributed by atoms with E-state index >= 15 is 0 Å². The lowest BCUT2D eigenvalue weighted by Crippen LogP contribution is -2.16. The second-order valence-electron chi connectivity index (χ2n) is 4.55. The smallest absolute Gasteiger partial charge is 0.226 e. The topological polar surface area (TPSA) is 50.4 Å². The van der Waals surface area contributed by atoms with Gasteiger partial charge >= 0.3 is 0 Å². The molecule has 22 heavy (non-hydrogen) atoms. The van der Waals surface area contributed by atoms with Crippen molar-refractivity contribution in [3.8, 4) is 5.75 Å². The number of anilines is 2. The van der Waals surface area contributed by atoms with Crippen LogP contribution in [0.4, 0.5) is 11.4 Å². The summed E-state index contributed by atoms with van der Waals surface area (Å²) >= 11 is 12.1. The standard InChI is InChI=1S/C16H16Cl2N2O2/c1-22-12-5-2-4-11(10-12)20-15(21)8-9-19-16-13(17)6-3-7-14(16)18/h2-7,10,19H,8-9H2,1H3,(H,20,21). The molecule has 0 aliphatic carbocycles. The van der Waals surface area contributed by atoms with Crippen LogP contribution in [0, 0.1) is 0 Å². The first-order valence-electron chi connectivity index (χ1n) is 6.72. The van der Waals surface area contributed by atoms with Crippen LogP contribution in [0.25, 0.3) is 0 Å². The van der Waals surface area contributed by atoms with Gasteiger partial charge in [-0.3, -0.25) is 4.79 Å². The van der Waals surface area contributed by atoms with Gasteiger partial charge in [0.25, 0.3) is 0 Å². The number of hydrogen-bond acceptors (Lipinski definition) is 3. The average molecular weight is 339 g/mol. The van der Waals surface area contributed by atoms with E-state index in [1.165, 1.54) is 0 Å². The Morgan fingerprint density at radius 3 is 2.50 bits per heavy atom. The fourth-order valence-corrected chi connectivity index (χ4v) is 2.42. The van der Waals surface area contributed by atoms with Crippen LogP contribution in [0.3, 0.4) is 0 Å². The minimum Gasteiger partial charge on any atom is -0.497 e. The van der Waals surface area contributed by atoms with E-state index in [-0.39, 0.29) is 5.91 Å². The Bertz CT molecular complexity index is 642. The molecule has 116 valence electrons. The number of carbonyl (C=O) groups excluding carboxylic acids is 1. The van der Waals surface area contributed by atoms with E-state index in [2.05, 4.69) is 10.6 Å². The second-order valence-corrected chi connectivity index (χ2v) is 5.37. The molecule has 0 saturated heterocycles. The number of methoxy groups -OCH3 is 1. The van der Waals surface area contributed by atoms with Gasteiger partial charge in [0.1, 0.15) is 5.75 Å². The van der Waals surface area contributed by atoms with Crippen molar-refractivity contribution in [2.75, 3.05) is 24.3 Å². The highest BCUT2D eigenvalue weighted by Crippen LogP contribution is 2.29. The minimum atomic E-state index is -0.107. The SMILES string of the molecule is COc1cccc(NC(=O)CCNc2c(Cl)cccc2Cl)c1. The Labute approximate surface area is 139 Å². The molecule has 0 atom stereocenters. The average Bonchev–Trinajstić information content (AvgIpc) is 2.50. The maximum atomic E-state index is 11.9. The highest BCUT2D eigenvalue weighted by atomic mass is 35.5. The summed E-state index contributed by atoms with van der Waals surface area (Å²) < 4.78 is 5.11. The first kappa shape index (κ1) is 16.5. The number of halogens is 2. The Morgan fingerprint density at radius 2 is 1.82 bits per heavy atom. The van der Waals surface area contributed by atoms with Gasteiger partial charge in [-0.2, -0.15) is 0 Å². The zero-order valence-corrected chi connectivity index (χ0v) is 13.5. The van der Waals surface area contributed by atoms with Crippen molar-refractivity contribution in [1.82, 2.24) is 0 Å². The Hall–Kier alpha value is -1.91. The number of nitrogens with one attached hydrogen (secondary N) is 2. The Morgan fingerprint density at radius 1 is 1.14 bits per heavy atom. The van der Waals surface area contributed by atoms with Crippen molar-refractivity contribution in [3.05, 3.63) is 52.5 Å². The Balaban J connectivity index is 1.85. The third kappa shape index (κ3) is 4.55. The largest absolute Gasteiger partial charge is 0.497 e. The fourth-order valence-electron chi connectivity index (χ4n) is 1.89. The van der Waals surface area contributed by atoms with Gasteiger partial charge in [0.2, 0.25) is 5.91 Å². The van der Waals surface area contributed by atoms with E-state index in [0.29, 0.717) is 40.1 Å². The summed E-state index contributed by atoms with van der Waals surface area (Å²) in [6.07, 6.45) is 0.290. The van der Waals surface area contributed by atoms with Crippen LogP contribution in [-0.2, 0) is 4.79 Å². The zero-order chi connectivity index (χ0) is 15.9. The maximum Gasteiger partial charge on any atom is 0.226 e. The first-order chi connectivity index (χ1) is 10.6. The summed E-state index contributed by atoms with van der Waals surface area (Å²) in [5, 5.41) is 6.94. The number of ether oxygens (including phenoxy) is 1. The summed E-state index contributed by atoms with van der Waals surface area (Å²) in [5.41, 5.74) is 1.33. The van der Waals surface area contributed by atoms with Crippen molar-refractivity contribution in [3.63, 3.8) is 0 Å². The molecule has 1 amide bonds. The molecular formula is C16H16Cl2N2O2. The van der Waals surface area contributed by atoms with Gasteiger partial charge in [0, 0.05) is 24.7 Å². The van der Waals surface area contributed by atoms with Crippen LogP contribution < -0.4 is 15.4 Å². The first-order valence-corrected chi connectivity index (χ1v) is 7.47. The highest BCUT2D eigenvalue weighted by molar-refractivity contribution is 6.39. The number of benzene rings is 2. The van der Waals surface area contributed by atoms with Gasteiger partial charge in [-0.15, -0.1) is 0 Å². The molecule has 2 rings (SSSR count). The predicted octanol–water partition coefficient (Wildman–Crippen LogP) is 4.44. The molecule has 0 unspecified atom stereocenters. The number of hydrogen-bond donors (Lipinski definition) is 2. The molecule has 0 spiro atoms. The number of carbonyl (C=O) groups is 1. The van der Waals surface area contributed by atoms with E-state index in [9.17, 15) is 4.79 Å². The summed E-state index contributed by atoms with van der Waals surface area (Å²) in [6, 6.07) is 12.4. The van der Waals surface area contributed by atoms with Crippen molar-refractivity contribution in [2.24, 2.45) is 0 Å². The molecule has 0 radical (unpaired) electrons. The van der Waals surface area contributed by atoms with Crippen LogP contribution in [0.5, 0.6) is 5.75 Å². The molecular weight excluding hydrogens is 323 g/mol. The number of para-hydroxylation sites is 1. The predicted molar refractivity (Wildman–Crippen MR) is 91.2 cm³/mol.